The van der Waals surface area contributed by atoms with Gasteiger partial charge in [0.25, 0.3) is 0 Å². The monoisotopic (exact) mass is 547 g/mol. The molecular weight excluding hydrogens is 505 g/mol. The van der Waals surface area contributed by atoms with E-state index in [2.05, 4.69) is 5.32 Å². The van der Waals surface area contributed by atoms with Gasteiger partial charge in [-0.25, -0.2) is 9.36 Å². The summed E-state index contributed by atoms with van der Waals surface area (Å²) in [6.45, 7) is 6.44. The quantitative estimate of drug-likeness (QED) is 0.321. The number of carbonyl (C=O) groups excluding carboxylic acids is 1. The first-order chi connectivity index (χ1) is 17.7. The van der Waals surface area contributed by atoms with E-state index < -0.39 is 31.7 Å². The second-order valence-corrected chi connectivity index (χ2v) is 13.6. The molecule has 2 aromatic carbocycles. The predicted octanol–water partition coefficient (Wildman–Crippen LogP) is 6.96. The molecule has 2 fully saturated rings. The number of amides is 1. The first-order valence-corrected chi connectivity index (χ1v) is 15.2. The maximum atomic E-state index is 12.6. The Morgan fingerprint density at radius 1 is 0.974 bits per heavy atom. The van der Waals surface area contributed by atoms with E-state index >= 15 is 0 Å². The van der Waals surface area contributed by atoms with Gasteiger partial charge in [-0.3, -0.25) is 4.52 Å². The third-order valence-corrected chi connectivity index (χ3v) is 8.42. The Balaban J connectivity index is 1.48. The topological polar surface area (TPSA) is 114 Å². The second kappa shape index (κ2) is 11.2. The van der Waals surface area contributed by atoms with Crippen molar-refractivity contribution in [1.29, 1.82) is 0 Å². The van der Waals surface area contributed by atoms with Crippen molar-refractivity contribution in [3.05, 3.63) is 42.0 Å². The first kappa shape index (κ1) is 28.9. The number of nitrogens with one attached hydrogen (secondary N) is 1. The molecule has 0 unspecified atom stereocenters. The van der Waals surface area contributed by atoms with Crippen LogP contribution in [0.4, 0.5) is 4.79 Å². The highest BCUT2D eigenvalue weighted by atomic mass is 31.2. The molecule has 4 rings (SSSR count). The lowest BCUT2D eigenvalue weighted by atomic mass is 9.65. The molecule has 210 valence electrons. The molecule has 2 aliphatic carbocycles. The molecule has 0 aliphatic heterocycles. The molecule has 9 heteroatoms. The summed E-state index contributed by atoms with van der Waals surface area (Å²) < 4.78 is 28.0. The molecule has 0 radical (unpaired) electrons. The number of hydrogen-bond donors (Lipinski definition) is 3. The minimum atomic E-state index is -4.76. The number of phosphoric ester groups is 1. The maximum Gasteiger partial charge on any atom is 0.469 e. The van der Waals surface area contributed by atoms with Gasteiger partial charge < -0.3 is 24.6 Å². The van der Waals surface area contributed by atoms with Crippen molar-refractivity contribution in [1.82, 2.24) is 5.32 Å². The van der Waals surface area contributed by atoms with Gasteiger partial charge in [0.2, 0.25) is 0 Å². The van der Waals surface area contributed by atoms with Gasteiger partial charge in [-0.1, -0.05) is 37.5 Å². The lowest BCUT2D eigenvalue weighted by Gasteiger charge is -2.42. The van der Waals surface area contributed by atoms with Crippen molar-refractivity contribution in [3.8, 4) is 5.75 Å². The van der Waals surface area contributed by atoms with Crippen LogP contribution in [0.2, 0.25) is 0 Å². The Kier molecular flexibility index (Phi) is 8.49. The molecule has 0 heterocycles. The van der Waals surface area contributed by atoms with Gasteiger partial charge in [-0.05, 0) is 106 Å². The van der Waals surface area contributed by atoms with E-state index in [1.807, 2.05) is 36.4 Å². The Morgan fingerprint density at radius 2 is 1.61 bits per heavy atom. The minimum absolute atomic E-state index is 0.241. The molecule has 1 atom stereocenters. The standard InChI is InChI=1S/C29H42NO7P/c1-27(2,3)37-26(31)30-28(4,20-35-38(32,33)34)23-10-8-22-19-25(11-9-21(22)18-23)36-24-12-16-29(17-13-24)14-6-5-7-15-29/h8-11,18-19,24H,5-7,12-17,20H2,1-4H3,(H,30,31)(H2,32,33,34)/t28-/m0/s1. The van der Waals surface area contributed by atoms with Gasteiger partial charge in [0.15, 0.2) is 0 Å². The van der Waals surface area contributed by atoms with E-state index in [9.17, 15) is 19.1 Å². The fourth-order valence-electron chi connectivity index (χ4n) is 5.89. The third-order valence-electron chi connectivity index (χ3n) is 7.96. The number of ether oxygens (including phenoxy) is 2. The van der Waals surface area contributed by atoms with Crippen LogP contribution in [0.5, 0.6) is 5.75 Å². The van der Waals surface area contributed by atoms with Crippen LogP contribution in [-0.2, 0) is 19.4 Å². The molecule has 0 bridgehead atoms. The highest BCUT2D eigenvalue weighted by Crippen LogP contribution is 2.48. The van der Waals surface area contributed by atoms with E-state index in [1.54, 1.807) is 27.7 Å². The average molecular weight is 548 g/mol. The highest BCUT2D eigenvalue weighted by Gasteiger charge is 2.37. The summed E-state index contributed by atoms with van der Waals surface area (Å²) in [4.78, 5) is 31.1. The number of benzene rings is 2. The van der Waals surface area contributed by atoms with Crippen molar-refractivity contribution in [2.24, 2.45) is 5.41 Å². The number of alkyl carbamates (subject to hydrolysis) is 1. The van der Waals surface area contributed by atoms with Gasteiger partial charge in [0, 0.05) is 0 Å². The zero-order valence-electron chi connectivity index (χ0n) is 23.0. The largest absolute Gasteiger partial charge is 0.490 e. The summed E-state index contributed by atoms with van der Waals surface area (Å²) in [6, 6.07) is 11.6. The summed E-state index contributed by atoms with van der Waals surface area (Å²) >= 11 is 0. The summed E-state index contributed by atoms with van der Waals surface area (Å²) in [5.41, 5.74) is -0.793. The van der Waals surface area contributed by atoms with Crippen LogP contribution in [-0.4, -0.2) is 34.2 Å². The van der Waals surface area contributed by atoms with Gasteiger partial charge in [-0.2, -0.15) is 0 Å². The van der Waals surface area contributed by atoms with Crippen LogP contribution >= 0.6 is 7.82 Å². The van der Waals surface area contributed by atoms with Crippen molar-refractivity contribution < 1.29 is 33.1 Å². The Morgan fingerprint density at radius 3 is 2.24 bits per heavy atom. The van der Waals surface area contributed by atoms with Crippen molar-refractivity contribution in [2.75, 3.05) is 6.61 Å². The molecule has 2 aromatic rings. The lowest BCUT2D eigenvalue weighted by Crippen LogP contribution is -2.48. The van der Waals surface area contributed by atoms with Crippen LogP contribution in [0, 0.1) is 5.41 Å². The van der Waals surface area contributed by atoms with Crippen molar-refractivity contribution >= 4 is 24.7 Å². The Labute approximate surface area is 225 Å². The van der Waals surface area contributed by atoms with E-state index in [4.69, 9.17) is 14.0 Å². The maximum absolute atomic E-state index is 12.6. The van der Waals surface area contributed by atoms with E-state index in [-0.39, 0.29) is 6.10 Å². The molecule has 3 N–H and O–H groups in total. The smallest absolute Gasteiger partial charge is 0.469 e. The molecule has 8 nitrogen and oxygen atoms in total. The Hall–Kier alpha value is -2.12. The molecule has 1 spiro atoms. The van der Waals surface area contributed by atoms with E-state index in [0.717, 1.165) is 29.4 Å². The fourth-order valence-corrected chi connectivity index (χ4v) is 6.32. The fraction of sp³-hybridized carbons (Fsp3) is 0.621. The van der Waals surface area contributed by atoms with Gasteiger partial charge >= 0.3 is 13.9 Å². The van der Waals surface area contributed by atoms with Crippen molar-refractivity contribution in [2.45, 2.75) is 103 Å². The van der Waals surface area contributed by atoms with Gasteiger partial charge in [0.1, 0.15) is 11.4 Å². The summed E-state index contributed by atoms with van der Waals surface area (Å²) in [5.74, 6) is 0.842. The molecule has 0 aromatic heterocycles. The second-order valence-electron chi connectivity index (χ2n) is 12.3. The molecular formula is C29H42NO7P. The zero-order valence-corrected chi connectivity index (χ0v) is 23.9. The lowest BCUT2D eigenvalue weighted by molar-refractivity contribution is 0.0404. The Bertz CT molecular complexity index is 1170. The van der Waals surface area contributed by atoms with Crippen LogP contribution in [0.1, 0.15) is 91.0 Å². The van der Waals surface area contributed by atoms with Gasteiger partial charge in [-0.15, -0.1) is 0 Å². The average Bonchev–Trinajstić information content (AvgIpc) is 2.83. The van der Waals surface area contributed by atoms with Crippen molar-refractivity contribution in [3.63, 3.8) is 0 Å². The summed E-state index contributed by atoms with van der Waals surface area (Å²) in [6.07, 6.45) is 11.1. The number of fused-ring (bicyclic) bond motifs is 1. The van der Waals surface area contributed by atoms with Gasteiger partial charge in [0.05, 0.1) is 18.2 Å². The number of carbonyl (C=O) groups is 1. The molecule has 2 saturated carbocycles. The molecule has 1 amide bonds. The molecule has 38 heavy (non-hydrogen) atoms. The normalized spacial score (nSPS) is 20.2. The van der Waals surface area contributed by atoms with Crippen LogP contribution < -0.4 is 10.1 Å². The number of phosphoric acid groups is 1. The SMILES string of the molecule is CC(C)(C)OC(=O)N[C@@](C)(COP(=O)(O)O)c1ccc2cc(OC3CCC4(CCCCC4)CC3)ccc2c1. The predicted molar refractivity (Wildman–Crippen MR) is 147 cm³/mol. The summed E-state index contributed by atoms with van der Waals surface area (Å²) in [5, 5.41) is 4.62. The van der Waals surface area contributed by atoms with Crippen LogP contribution in [0.25, 0.3) is 10.8 Å². The number of hydrogen-bond acceptors (Lipinski definition) is 5. The third kappa shape index (κ3) is 7.72. The minimum Gasteiger partial charge on any atom is -0.490 e. The zero-order chi connectivity index (χ0) is 27.6. The van der Waals surface area contributed by atoms with E-state index in [1.165, 1.54) is 44.9 Å². The molecule has 2 aliphatic rings. The molecule has 0 saturated heterocycles. The van der Waals surface area contributed by atoms with E-state index in [0.29, 0.717) is 11.0 Å². The number of rotatable bonds is 7. The first-order valence-electron chi connectivity index (χ1n) is 13.7. The van der Waals surface area contributed by atoms with Crippen LogP contribution in [0.15, 0.2) is 36.4 Å². The van der Waals surface area contributed by atoms with Crippen LogP contribution in [0.3, 0.4) is 0 Å². The summed E-state index contributed by atoms with van der Waals surface area (Å²) in [7, 11) is -4.76. The highest BCUT2D eigenvalue weighted by molar-refractivity contribution is 7.46.